The number of nitrogens with zero attached hydrogens (tertiary/aromatic N) is 1. The standard InChI is InChI=1S/C18H14N2O4/c1-22-18(21)15-14(13-8-5-9-23-13)12(10-19)17(20)24-16(15)11-6-3-2-4-7-11/h2-9,14H,20H2,1H3/t14-/m0/s1. The van der Waals surface area contributed by atoms with Gasteiger partial charge in [-0.2, -0.15) is 5.26 Å². The number of ether oxygens (including phenoxy) is 2. The summed E-state index contributed by atoms with van der Waals surface area (Å²) in [6, 6.07) is 14.4. The number of carbonyl (C=O) groups is 1. The van der Waals surface area contributed by atoms with Crippen LogP contribution in [0.15, 0.2) is 70.2 Å². The monoisotopic (exact) mass is 322 g/mol. The van der Waals surface area contributed by atoms with Gasteiger partial charge in [-0.15, -0.1) is 0 Å². The summed E-state index contributed by atoms with van der Waals surface area (Å²) in [5.41, 5.74) is 6.84. The van der Waals surface area contributed by atoms with Crippen molar-refractivity contribution < 1.29 is 18.7 Å². The minimum absolute atomic E-state index is 0.0644. The SMILES string of the molecule is COC(=O)C1=C(c2ccccc2)OC(N)=C(C#N)[C@H]1c1ccco1. The van der Waals surface area contributed by atoms with E-state index in [0.717, 1.165) is 0 Å². The molecule has 1 aliphatic heterocycles. The van der Waals surface area contributed by atoms with E-state index >= 15 is 0 Å². The lowest BCUT2D eigenvalue weighted by Crippen LogP contribution is -2.25. The number of allylic oxidation sites excluding steroid dienone is 1. The van der Waals surface area contributed by atoms with Gasteiger partial charge >= 0.3 is 5.97 Å². The molecule has 0 saturated carbocycles. The zero-order valence-electron chi connectivity index (χ0n) is 12.9. The first-order valence-electron chi connectivity index (χ1n) is 7.16. The van der Waals surface area contributed by atoms with Crippen molar-refractivity contribution in [1.29, 1.82) is 5.26 Å². The molecule has 2 N–H and O–H groups in total. The van der Waals surface area contributed by atoms with Crippen molar-refractivity contribution in [3.8, 4) is 6.07 Å². The van der Waals surface area contributed by atoms with E-state index in [9.17, 15) is 10.1 Å². The Morgan fingerprint density at radius 3 is 2.58 bits per heavy atom. The van der Waals surface area contributed by atoms with E-state index in [2.05, 4.69) is 0 Å². The number of hydrogen-bond donors (Lipinski definition) is 1. The van der Waals surface area contributed by atoms with Crippen LogP contribution in [0.3, 0.4) is 0 Å². The van der Waals surface area contributed by atoms with Gasteiger partial charge in [0, 0.05) is 5.56 Å². The van der Waals surface area contributed by atoms with Crippen LogP contribution in [0.5, 0.6) is 0 Å². The summed E-state index contributed by atoms with van der Waals surface area (Å²) in [4.78, 5) is 12.4. The maximum absolute atomic E-state index is 12.4. The van der Waals surface area contributed by atoms with Crippen molar-refractivity contribution in [1.82, 2.24) is 0 Å². The number of rotatable bonds is 3. The Labute approximate surface area is 138 Å². The van der Waals surface area contributed by atoms with E-state index < -0.39 is 11.9 Å². The third-order valence-corrected chi connectivity index (χ3v) is 3.69. The van der Waals surface area contributed by atoms with Gasteiger partial charge < -0.3 is 19.6 Å². The topological polar surface area (TPSA) is 98.5 Å². The summed E-state index contributed by atoms with van der Waals surface area (Å²) in [5, 5.41) is 9.48. The third kappa shape index (κ3) is 2.52. The fourth-order valence-corrected chi connectivity index (χ4v) is 2.62. The molecule has 0 bridgehead atoms. The Hall–Kier alpha value is -3.46. The molecular formula is C18H14N2O4. The van der Waals surface area contributed by atoms with Gasteiger partial charge in [0.25, 0.3) is 0 Å². The quantitative estimate of drug-likeness (QED) is 0.872. The number of methoxy groups -OCH3 is 1. The highest BCUT2D eigenvalue weighted by atomic mass is 16.5. The summed E-state index contributed by atoms with van der Waals surface area (Å²) in [7, 11) is 1.27. The zero-order valence-corrected chi connectivity index (χ0v) is 12.9. The molecule has 3 rings (SSSR count). The average Bonchev–Trinajstić information content (AvgIpc) is 3.15. The summed E-state index contributed by atoms with van der Waals surface area (Å²) in [6.45, 7) is 0. The summed E-state index contributed by atoms with van der Waals surface area (Å²) in [5.74, 6) is -0.811. The normalized spacial score (nSPS) is 17.2. The lowest BCUT2D eigenvalue weighted by Gasteiger charge is -2.26. The highest BCUT2D eigenvalue weighted by Crippen LogP contribution is 2.42. The van der Waals surface area contributed by atoms with Crippen molar-refractivity contribution in [3.05, 3.63) is 77.1 Å². The Morgan fingerprint density at radius 2 is 2.00 bits per heavy atom. The van der Waals surface area contributed by atoms with Gasteiger partial charge in [-0.25, -0.2) is 4.79 Å². The molecule has 0 aliphatic carbocycles. The van der Waals surface area contributed by atoms with Crippen molar-refractivity contribution >= 4 is 11.7 Å². The van der Waals surface area contributed by atoms with E-state index in [4.69, 9.17) is 19.6 Å². The van der Waals surface area contributed by atoms with Gasteiger partial charge in [0.1, 0.15) is 23.2 Å². The van der Waals surface area contributed by atoms with Gasteiger partial charge in [0.05, 0.1) is 24.9 Å². The molecule has 0 amide bonds. The number of carbonyl (C=O) groups excluding carboxylic acids is 1. The molecule has 1 aliphatic rings. The molecule has 1 aromatic heterocycles. The van der Waals surface area contributed by atoms with Crippen LogP contribution in [0.25, 0.3) is 5.76 Å². The number of esters is 1. The average molecular weight is 322 g/mol. The lowest BCUT2D eigenvalue weighted by molar-refractivity contribution is -0.136. The molecule has 1 aromatic carbocycles. The maximum atomic E-state index is 12.4. The summed E-state index contributed by atoms with van der Waals surface area (Å²) in [6.07, 6.45) is 1.47. The molecule has 0 radical (unpaired) electrons. The molecule has 6 nitrogen and oxygen atoms in total. The van der Waals surface area contributed by atoms with Gasteiger partial charge in [-0.3, -0.25) is 0 Å². The van der Waals surface area contributed by atoms with E-state index in [0.29, 0.717) is 11.3 Å². The second kappa shape index (κ2) is 6.34. The first-order valence-corrected chi connectivity index (χ1v) is 7.16. The molecule has 2 heterocycles. The Balaban J connectivity index is 2.27. The van der Waals surface area contributed by atoms with Crippen molar-refractivity contribution in [3.63, 3.8) is 0 Å². The van der Waals surface area contributed by atoms with Crippen LogP contribution >= 0.6 is 0 Å². The smallest absolute Gasteiger partial charge is 0.338 e. The van der Waals surface area contributed by atoms with Gasteiger partial charge in [-0.1, -0.05) is 30.3 Å². The second-order valence-electron chi connectivity index (χ2n) is 5.04. The highest BCUT2D eigenvalue weighted by Gasteiger charge is 2.39. The molecule has 0 unspecified atom stereocenters. The Morgan fingerprint density at radius 1 is 1.25 bits per heavy atom. The van der Waals surface area contributed by atoms with Gasteiger partial charge in [-0.05, 0) is 12.1 Å². The van der Waals surface area contributed by atoms with Crippen molar-refractivity contribution in [2.75, 3.05) is 7.11 Å². The third-order valence-electron chi connectivity index (χ3n) is 3.69. The van der Waals surface area contributed by atoms with E-state index in [-0.39, 0.29) is 22.8 Å². The van der Waals surface area contributed by atoms with Crippen LogP contribution in [-0.4, -0.2) is 13.1 Å². The fourth-order valence-electron chi connectivity index (χ4n) is 2.62. The van der Waals surface area contributed by atoms with Crippen LogP contribution in [0.1, 0.15) is 17.2 Å². The molecule has 120 valence electrons. The molecular weight excluding hydrogens is 308 g/mol. The maximum Gasteiger partial charge on any atom is 0.338 e. The number of nitriles is 1. The predicted molar refractivity (Wildman–Crippen MR) is 84.7 cm³/mol. The van der Waals surface area contributed by atoms with Crippen LogP contribution < -0.4 is 5.73 Å². The number of furan rings is 1. The number of benzene rings is 1. The van der Waals surface area contributed by atoms with Crippen LogP contribution in [-0.2, 0) is 14.3 Å². The minimum Gasteiger partial charge on any atom is -0.468 e. The Kier molecular flexibility index (Phi) is 4.08. The molecule has 0 spiro atoms. The van der Waals surface area contributed by atoms with E-state index in [1.54, 1.807) is 24.3 Å². The molecule has 6 heteroatoms. The molecule has 1 atom stereocenters. The largest absolute Gasteiger partial charge is 0.468 e. The van der Waals surface area contributed by atoms with Gasteiger partial charge in [0.15, 0.2) is 0 Å². The zero-order chi connectivity index (χ0) is 17.1. The minimum atomic E-state index is -0.790. The lowest BCUT2D eigenvalue weighted by atomic mass is 9.85. The van der Waals surface area contributed by atoms with Crippen molar-refractivity contribution in [2.45, 2.75) is 5.92 Å². The summed E-state index contributed by atoms with van der Waals surface area (Å²) >= 11 is 0. The molecule has 0 saturated heterocycles. The van der Waals surface area contributed by atoms with E-state index in [1.165, 1.54) is 13.4 Å². The predicted octanol–water partition coefficient (Wildman–Crippen LogP) is 2.67. The number of nitrogens with two attached hydrogens (primary N) is 1. The van der Waals surface area contributed by atoms with Crippen LogP contribution in [0.2, 0.25) is 0 Å². The van der Waals surface area contributed by atoms with Crippen LogP contribution in [0, 0.1) is 11.3 Å². The van der Waals surface area contributed by atoms with Crippen LogP contribution in [0.4, 0.5) is 0 Å². The molecule has 0 fully saturated rings. The highest BCUT2D eigenvalue weighted by molar-refractivity contribution is 5.99. The van der Waals surface area contributed by atoms with Crippen molar-refractivity contribution in [2.24, 2.45) is 5.73 Å². The first kappa shape index (κ1) is 15.4. The fraction of sp³-hybridized carbons (Fsp3) is 0.111. The van der Waals surface area contributed by atoms with Gasteiger partial charge in [0.2, 0.25) is 5.88 Å². The molecule has 2 aromatic rings. The molecule has 24 heavy (non-hydrogen) atoms. The summed E-state index contributed by atoms with van der Waals surface area (Å²) < 4.78 is 15.9. The number of hydrogen-bond acceptors (Lipinski definition) is 6. The second-order valence-corrected chi connectivity index (χ2v) is 5.04. The first-order chi connectivity index (χ1) is 11.7. The van der Waals surface area contributed by atoms with E-state index in [1.807, 2.05) is 24.3 Å². The Bertz CT molecular complexity index is 858.